The van der Waals surface area contributed by atoms with Crippen molar-refractivity contribution in [2.24, 2.45) is 0 Å². The Labute approximate surface area is 229 Å². The Morgan fingerprint density at radius 1 is 0.359 bits per heavy atom. The monoisotopic (exact) mass is 494 g/mol. The molecule has 0 spiro atoms. The van der Waals surface area contributed by atoms with Crippen LogP contribution in [0.3, 0.4) is 0 Å². The lowest BCUT2D eigenvalue weighted by atomic mass is 10.1. The Balaban J connectivity index is 1.26. The standard InChI is InChI=1S/C37H22N2/c38-29-34-23-21-33(22-24-34)20-19-32-17-15-30(16-18-32)9-7-8-10-31-25-27-37(28-26-31)39(35-11-3-1-4-12-35)36-13-5-2-6-14-36/h1-6,11-18,21-28H. The van der Waals surface area contributed by atoms with Gasteiger partial charge in [0.25, 0.3) is 0 Å². The van der Waals surface area contributed by atoms with Crippen LogP contribution in [-0.2, 0) is 0 Å². The van der Waals surface area contributed by atoms with Crippen LogP contribution in [0.1, 0.15) is 27.8 Å². The van der Waals surface area contributed by atoms with E-state index in [1.165, 1.54) is 0 Å². The first-order chi connectivity index (χ1) is 19.3. The average Bonchev–Trinajstić information content (AvgIpc) is 3.01. The molecule has 5 aromatic carbocycles. The van der Waals surface area contributed by atoms with Gasteiger partial charge in [0.05, 0.1) is 11.6 Å². The highest BCUT2D eigenvalue weighted by Crippen LogP contribution is 2.33. The second-order valence-electron chi connectivity index (χ2n) is 8.57. The van der Waals surface area contributed by atoms with E-state index in [1.54, 1.807) is 12.1 Å². The first-order valence-corrected chi connectivity index (χ1v) is 12.4. The van der Waals surface area contributed by atoms with Gasteiger partial charge in [-0.3, -0.25) is 0 Å². The minimum absolute atomic E-state index is 0.626. The SMILES string of the molecule is N#Cc1ccc(C#Cc2ccc(C#CC#Cc3ccc(N(c4ccccc4)c4ccccc4)cc3)cc2)cc1. The van der Waals surface area contributed by atoms with Crippen molar-refractivity contribution in [3.63, 3.8) is 0 Å². The lowest BCUT2D eigenvalue weighted by Crippen LogP contribution is -2.09. The fourth-order valence-electron chi connectivity index (χ4n) is 3.91. The molecule has 0 radical (unpaired) electrons. The third kappa shape index (κ3) is 6.64. The topological polar surface area (TPSA) is 27.0 Å². The van der Waals surface area contributed by atoms with Gasteiger partial charge < -0.3 is 4.90 Å². The quantitative estimate of drug-likeness (QED) is 0.239. The molecule has 180 valence electrons. The number of rotatable bonds is 3. The van der Waals surface area contributed by atoms with Gasteiger partial charge in [0.15, 0.2) is 0 Å². The van der Waals surface area contributed by atoms with Gasteiger partial charge in [-0.2, -0.15) is 5.26 Å². The largest absolute Gasteiger partial charge is 0.311 e. The van der Waals surface area contributed by atoms with E-state index >= 15 is 0 Å². The van der Waals surface area contributed by atoms with Gasteiger partial charge in [-0.15, -0.1) is 0 Å². The van der Waals surface area contributed by atoms with Crippen molar-refractivity contribution >= 4 is 17.1 Å². The minimum atomic E-state index is 0.626. The number of anilines is 3. The molecule has 0 bridgehead atoms. The Kier molecular flexibility index (Phi) is 7.84. The van der Waals surface area contributed by atoms with Crippen LogP contribution >= 0.6 is 0 Å². The molecule has 0 N–H and O–H groups in total. The summed E-state index contributed by atoms with van der Waals surface area (Å²) in [5.74, 6) is 18.4. The molecule has 0 aliphatic carbocycles. The van der Waals surface area contributed by atoms with Crippen LogP contribution in [0.25, 0.3) is 0 Å². The summed E-state index contributed by atoms with van der Waals surface area (Å²) in [6.07, 6.45) is 0. The summed E-state index contributed by atoms with van der Waals surface area (Å²) < 4.78 is 0. The average molecular weight is 495 g/mol. The van der Waals surface area contributed by atoms with Crippen LogP contribution in [0.4, 0.5) is 17.1 Å². The summed E-state index contributed by atoms with van der Waals surface area (Å²) in [4.78, 5) is 2.22. The maximum atomic E-state index is 8.89. The fourth-order valence-corrected chi connectivity index (χ4v) is 3.91. The second-order valence-corrected chi connectivity index (χ2v) is 8.57. The van der Waals surface area contributed by atoms with E-state index in [-0.39, 0.29) is 0 Å². The van der Waals surface area contributed by atoms with Crippen LogP contribution in [-0.4, -0.2) is 0 Å². The van der Waals surface area contributed by atoms with Crippen LogP contribution in [0, 0.1) is 46.9 Å². The van der Waals surface area contributed by atoms with Crippen molar-refractivity contribution in [3.05, 3.63) is 161 Å². The third-order valence-corrected chi connectivity index (χ3v) is 5.88. The molecule has 2 heteroatoms. The van der Waals surface area contributed by atoms with Crippen molar-refractivity contribution in [1.82, 2.24) is 0 Å². The van der Waals surface area contributed by atoms with Gasteiger partial charge in [-0.05, 0) is 109 Å². The molecule has 0 unspecified atom stereocenters. The van der Waals surface area contributed by atoms with E-state index < -0.39 is 0 Å². The zero-order valence-electron chi connectivity index (χ0n) is 21.1. The first-order valence-electron chi connectivity index (χ1n) is 12.4. The highest BCUT2D eigenvalue weighted by molar-refractivity contribution is 5.76. The van der Waals surface area contributed by atoms with Crippen LogP contribution in [0.5, 0.6) is 0 Å². The lowest BCUT2D eigenvalue weighted by molar-refractivity contribution is 1.28. The summed E-state index contributed by atoms with van der Waals surface area (Å²) in [7, 11) is 0. The predicted octanol–water partition coefficient (Wildman–Crippen LogP) is 7.83. The first kappa shape index (κ1) is 24.8. The number of nitrogens with zero attached hydrogens (tertiary/aromatic N) is 2. The Bertz CT molecular complexity index is 1740. The van der Waals surface area contributed by atoms with Crippen molar-refractivity contribution in [1.29, 1.82) is 5.26 Å². The highest BCUT2D eigenvalue weighted by Gasteiger charge is 2.11. The number of hydrogen-bond donors (Lipinski definition) is 0. The molecule has 5 rings (SSSR count). The number of para-hydroxylation sites is 2. The second kappa shape index (κ2) is 12.3. The predicted molar refractivity (Wildman–Crippen MR) is 158 cm³/mol. The summed E-state index contributed by atoms with van der Waals surface area (Å²) in [5, 5.41) is 8.89. The van der Waals surface area contributed by atoms with Gasteiger partial charge >= 0.3 is 0 Å². The normalized spacial score (nSPS) is 9.41. The zero-order chi connectivity index (χ0) is 26.7. The molecule has 0 fully saturated rings. The molecule has 0 aliphatic rings. The molecular weight excluding hydrogens is 472 g/mol. The molecule has 0 aromatic heterocycles. The highest BCUT2D eigenvalue weighted by atomic mass is 15.1. The lowest BCUT2D eigenvalue weighted by Gasteiger charge is -2.25. The van der Waals surface area contributed by atoms with Gasteiger partial charge in [0.2, 0.25) is 0 Å². The Morgan fingerprint density at radius 3 is 1.10 bits per heavy atom. The maximum Gasteiger partial charge on any atom is 0.0991 e. The molecule has 39 heavy (non-hydrogen) atoms. The smallest absolute Gasteiger partial charge is 0.0991 e. The van der Waals surface area contributed by atoms with Crippen molar-refractivity contribution < 1.29 is 0 Å². The van der Waals surface area contributed by atoms with Gasteiger partial charge in [-0.25, -0.2) is 0 Å². The number of benzene rings is 5. The van der Waals surface area contributed by atoms with Gasteiger partial charge in [0, 0.05) is 39.3 Å². The maximum absolute atomic E-state index is 8.89. The molecule has 0 atom stereocenters. The van der Waals surface area contributed by atoms with Crippen LogP contribution < -0.4 is 4.90 Å². The summed E-state index contributed by atoms with van der Waals surface area (Å²) >= 11 is 0. The number of nitriles is 1. The Morgan fingerprint density at radius 2 is 0.692 bits per heavy atom. The van der Waals surface area contributed by atoms with E-state index in [9.17, 15) is 0 Å². The molecule has 0 saturated carbocycles. The van der Waals surface area contributed by atoms with E-state index in [0.717, 1.165) is 39.3 Å². The minimum Gasteiger partial charge on any atom is -0.311 e. The van der Waals surface area contributed by atoms with Crippen molar-refractivity contribution in [3.8, 4) is 41.6 Å². The van der Waals surface area contributed by atoms with E-state index in [1.807, 2.05) is 84.9 Å². The van der Waals surface area contributed by atoms with Crippen LogP contribution in [0.2, 0.25) is 0 Å². The Hall–Kier alpha value is -5.93. The molecule has 0 saturated heterocycles. The van der Waals surface area contributed by atoms with Crippen molar-refractivity contribution in [2.75, 3.05) is 4.90 Å². The molecule has 5 aromatic rings. The molecule has 0 aliphatic heterocycles. The molecular formula is C37H22N2. The molecule has 0 amide bonds. The summed E-state index contributed by atoms with van der Waals surface area (Å²) in [6.45, 7) is 0. The van der Waals surface area contributed by atoms with E-state index in [4.69, 9.17) is 5.26 Å². The van der Waals surface area contributed by atoms with Gasteiger partial charge in [-0.1, -0.05) is 60.1 Å². The summed E-state index contributed by atoms with van der Waals surface area (Å²) in [5.41, 5.74) is 7.43. The van der Waals surface area contributed by atoms with Gasteiger partial charge in [0.1, 0.15) is 0 Å². The number of hydrogen-bond acceptors (Lipinski definition) is 2. The molecule has 2 nitrogen and oxygen atoms in total. The van der Waals surface area contributed by atoms with E-state index in [0.29, 0.717) is 5.56 Å². The van der Waals surface area contributed by atoms with E-state index in [2.05, 4.69) is 82.9 Å². The fraction of sp³-hybridized carbons (Fsp3) is 0. The third-order valence-electron chi connectivity index (χ3n) is 5.88. The van der Waals surface area contributed by atoms with Crippen LogP contribution in [0.15, 0.2) is 133 Å². The molecule has 0 heterocycles. The van der Waals surface area contributed by atoms with Crippen molar-refractivity contribution in [2.45, 2.75) is 0 Å². The zero-order valence-corrected chi connectivity index (χ0v) is 21.1. The summed E-state index contributed by atoms with van der Waals surface area (Å²) in [6, 6.07) is 45.9.